The van der Waals surface area contributed by atoms with Crippen LogP contribution >= 0.6 is 0 Å². The molecule has 4 rings (SSSR count). The predicted octanol–water partition coefficient (Wildman–Crippen LogP) is 7.23. The van der Waals surface area contributed by atoms with Crippen molar-refractivity contribution in [1.29, 1.82) is 0 Å². The molecule has 0 saturated carbocycles. The molecule has 4 heteroatoms. The van der Waals surface area contributed by atoms with Crippen LogP contribution in [0.4, 0.5) is 5.69 Å². The van der Waals surface area contributed by atoms with E-state index in [4.69, 9.17) is 0 Å². The summed E-state index contributed by atoms with van der Waals surface area (Å²) in [6, 6.07) is 24.6. The average molecular weight is 481 g/mol. The molecule has 1 atom stereocenters. The number of nitrogens with one attached hydrogen (secondary N) is 2. The Labute approximate surface area is 214 Å². The van der Waals surface area contributed by atoms with Crippen molar-refractivity contribution in [3.05, 3.63) is 101 Å². The van der Waals surface area contributed by atoms with Crippen LogP contribution in [0.25, 0.3) is 11.1 Å². The third kappa shape index (κ3) is 5.83. The number of carbonyl (C=O) groups excluding carboxylic acids is 2. The zero-order valence-corrected chi connectivity index (χ0v) is 21.6. The lowest BCUT2D eigenvalue weighted by Crippen LogP contribution is -2.11. The highest BCUT2D eigenvalue weighted by molar-refractivity contribution is 6.37. The van der Waals surface area contributed by atoms with Gasteiger partial charge in [0.05, 0.1) is 5.57 Å². The Bertz CT molecular complexity index is 1240. The molecule has 186 valence electrons. The third-order valence-electron chi connectivity index (χ3n) is 7.10. The Morgan fingerprint density at radius 3 is 2.36 bits per heavy atom. The van der Waals surface area contributed by atoms with Crippen LogP contribution in [0.2, 0.25) is 0 Å². The van der Waals surface area contributed by atoms with Crippen molar-refractivity contribution in [2.75, 3.05) is 11.9 Å². The summed E-state index contributed by atoms with van der Waals surface area (Å²) in [5.41, 5.74) is 7.71. The number of Topliss-reactive ketones (excluding diaryl/α,β-unsaturated/α-hetero) is 1. The summed E-state index contributed by atoms with van der Waals surface area (Å²) in [5, 5.41) is 6.39. The summed E-state index contributed by atoms with van der Waals surface area (Å²) in [4.78, 5) is 25.2. The number of fused-ring (bicyclic) bond motifs is 1. The molecule has 0 fully saturated rings. The molecular weight excluding hydrogens is 444 g/mol. The fourth-order valence-corrected chi connectivity index (χ4v) is 5.05. The number of allylic oxidation sites excluding steroid dienone is 1. The minimum absolute atomic E-state index is 0.0000385. The third-order valence-corrected chi connectivity index (χ3v) is 7.10. The highest BCUT2D eigenvalue weighted by Crippen LogP contribution is 2.40. The smallest absolute Gasteiger partial charge is 0.256 e. The molecule has 0 aromatic heterocycles. The van der Waals surface area contributed by atoms with E-state index in [1.165, 1.54) is 11.1 Å². The van der Waals surface area contributed by atoms with Crippen LogP contribution in [0.1, 0.15) is 85.0 Å². The fourth-order valence-electron chi connectivity index (χ4n) is 5.05. The van der Waals surface area contributed by atoms with Crippen LogP contribution in [-0.4, -0.2) is 18.2 Å². The zero-order chi connectivity index (χ0) is 25.5. The predicted molar refractivity (Wildman–Crippen MR) is 149 cm³/mol. The van der Waals surface area contributed by atoms with Gasteiger partial charge in [0, 0.05) is 23.4 Å². The van der Waals surface area contributed by atoms with Crippen LogP contribution in [0.5, 0.6) is 0 Å². The maximum atomic E-state index is 13.1. The van der Waals surface area contributed by atoms with Gasteiger partial charge in [-0.3, -0.25) is 9.59 Å². The van der Waals surface area contributed by atoms with E-state index >= 15 is 0 Å². The first kappa shape index (κ1) is 25.6. The number of hydrogen-bond donors (Lipinski definition) is 2. The van der Waals surface area contributed by atoms with E-state index in [0.29, 0.717) is 17.1 Å². The monoisotopic (exact) mass is 480 g/mol. The zero-order valence-electron chi connectivity index (χ0n) is 21.6. The molecule has 36 heavy (non-hydrogen) atoms. The van der Waals surface area contributed by atoms with Crippen LogP contribution < -0.4 is 10.6 Å². The molecule has 0 aliphatic carbocycles. The molecule has 2 N–H and O–H groups in total. The van der Waals surface area contributed by atoms with E-state index < -0.39 is 0 Å². The van der Waals surface area contributed by atoms with E-state index in [1.807, 2.05) is 30.3 Å². The molecule has 0 bridgehead atoms. The first-order chi connectivity index (χ1) is 17.5. The second-order valence-corrected chi connectivity index (χ2v) is 9.51. The van der Waals surface area contributed by atoms with Crippen LogP contribution in [0, 0.1) is 0 Å². The second kappa shape index (κ2) is 12.0. The Hall–Kier alpha value is -3.50. The summed E-state index contributed by atoms with van der Waals surface area (Å²) in [5.74, 6) is 0.391. The number of rotatable bonds is 11. The Balaban J connectivity index is 1.59. The maximum absolute atomic E-state index is 13.1. The van der Waals surface area contributed by atoms with Gasteiger partial charge in [0.15, 0.2) is 5.78 Å². The molecule has 0 saturated heterocycles. The number of anilines is 1. The minimum Gasteiger partial charge on any atom is -0.321 e. The summed E-state index contributed by atoms with van der Waals surface area (Å²) < 4.78 is 0. The van der Waals surface area contributed by atoms with Crippen molar-refractivity contribution in [3.8, 4) is 0 Å². The van der Waals surface area contributed by atoms with Crippen molar-refractivity contribution in [1.82, 2.24) is 5.32 Å². The van der Waals surface area contributed by atoms with Crippen LogP contribution in [-0.2, 0) is 11.3 Å². The van der Waals surface area contributed by atoms with Gasteiger partial charge in [0.1, 0.15) is 0 Å². The molecule has 3 aromatic rings. The molecule has 3 aromatic carbocycles. The molecule has 1 aliphatic rings. The minimum atomic E-state index is -0.0899. The van der Waals surface area contributed by atoms with Crippen molar-refractivity contribution < 1.29 is 9.59 Å². The van der Waals surface area contributed by atoms with Crippen molar-refractivity contribution >= 4 is 28.5 Å². The van der Waals surface area contributed by atoms with Gasteiger partial charge in [0.25, 0.3) is 5.91 Å². The number of amides is 1. The van der Waals surface area contributed by atoms with E-state index in [-0.39, 0.29) is 11.7 Å². The van der Waals surface area contributed by atoms with Crippen LogP contribution in [0.3, 0.4) is 0 Å². The number of benzene rings is 3. The van der Waals surface area contributed by atoms with Gasteiger partial charge < -0.3 is 10.6 Å². The van der Waals surface area contributed by atoms with E-state index in [0.717, 1.165) is 61.2 Å². The normalized spacial score (nSPS) is 14.8. The summed E-state index contributed by atoms with van der Waals surface area (Å²) in [6.07, 6.45) is 3.90. The van der Waals surface area contributed by atoms with Crippen molar-refractivity contribution in [2.45, 2.75) is 58.9 Å². The van der Waals surface area contributed by atoms with Gasteiger partial charge in [0.2, 0.25) is 0 Å². The lowest BCUT2D eigenvalue weighted by atomic mass is 9.87. The SMILES string of the molecule is CCNCc1ccc(C(CC)CCC/C(=C2\C(=O)Nc3ccc(C(C)=O)cc32)c2ccccc2)cc1. The summed E-state index contributed by atoms with van der Waals surface area (Å²) in [6.45, 7) is 7.80. The molecule has 1 heterocycles. The first-order valence-electron chi connectivity index (χ1n) is 13.1. The second-order valence-electron chi connectivity index (χ2n) is 9.51. The molecule has 1 amide bonds. The number of carbonyl (C=O) groups is 2. The van der Waals surface area contributed by atoms with Gasteiger partial charge in [-0.05, 0) is 85.5 Å². The van der Waals surface area contributed by atoms with E-state index in [9.17, 15) is 9.59 Å². The van der Waals surface area contributed by atoms with Crippen LogP contribution in [0.15, 0.2) is 72.8 Å². The topological polar surface area (TPSA) is 58.2 Å². The summed E-state index contributed by atoms with van der Waals surface area (Å²) in [7, 11) is 0. The summed E-state index contributed by atoms with van der Waals surface area (Å²) >= 11 is 0. The molecular formula is C32H36N2O2. The lowest BCUT2D eigenvalue weighted by Gasteiger charge is -2.18. The standard InChI is InChI=1S/C32H36N2O2/c1-4-24(25-16-14-23(15-17-25)21-33-5-2)12-9-13-28(26-10-7-6-8-11-26)31-29-20-27(22(3)35)18-19-30(29)34-32(31)36/h6-8,10-11,14-20,24,33H,4-5,9,12-13,21H2,1-3H3,(H,34,36)/b31-28+. The highest BCUT2D eigenvalue weighted by Gasteiger charge is 2.28. The maximum Gasteiger partial charge on any atom is 0.256 e. The largest absolute Gasteiger partial charge is 0.321 e. The van der Waals surface area contributed by atoms with Gasteiger partial charge in [-0.2, -0.15) is 0 Å². The highest BCUT2D eigenvalue weighted by atomic mass is 16.2. The van der Waals surface area contributed by atoms with Gasteiger partial charge in [-0.25, -0.2) is 0 Å². The van der Waals surface area contributed by atoms with E-state index in [1.54, 1.807) is 13.0 Å². The molecule has 1 aliphatic heterocycles. The average Bonchev–Trinajstić information content (AvgIpc) is 3.23. The van der Waals surface area contributed by atoms with Crippen molar-refractivity contribution in [3.63, 3.8) is 0 Å². The first-order valence-corrected chi connectivity index (χ1v) is 13.1. The molecule has 1 unspecified atom stereocenters. The Kier molecular flexibility index (Phi) is 8.50. The lowest BCUT2D eigenvalue weighted by molar-refractivity contribution is -0.110. The molecule has 0 spiro atoms. The molecule has 4 nitrogen and oxygen atoms in total. The number of ketones is 1. The number of hydrogen-bond acceptors (Lipinski definition) is 3. The van der Waals surface area contributed by atoms with E-state index in [2.05, 4.69) is 60.9 Å². The van der Waals surface area contributed by atoms with Gasteiger partial charge in [-0.1, -0.05) is 68.4 Å². The molecule has 0 radical (unpaired) electrons. The quantitative estimate of drug-likeness (QED) is 0.225. The Morgan fingerprint density at radius 1 is 0.944 bits per heavy atom. The van der Waals surface area contributed by atoms with Gasteiger partial charge in [-0.15, -0.1) is 0 Å². The Morgan fingerprint density at radius 2 is 1.69 bits per heavy atom. The fraction of sp³-hybridized carbons (Fsp3) is 0.312. The van der Waals surface area contributed by atoms with Crippen molar-refractivity contribution in [2.24, 2.45) is 0 Å². The van der Waals surface area contributed by atoms with Gasteiger partial charge >= 0.3 is 0 Å².